The Bertz CT molecular complexity index is 370. The van der Waals surface area contributed by atoms with Crippen molar-refractivity contribution in [2.45, 2.75) is 13.0 Å². The third kappa shape index (κ3) is 3.46. The van der Waals surface area contributed by atoms with Crippen LogP contribution in [-0.2, 0) is 13.0 Å². The van der Waals surface area contributed by atoms with Crippen LogP contribution in [0.5, 0.6) is 0 Å². The van der Waals surface area contributed by atoms with Gasteiger partial charge in [-0.05, 0) is 53.1 Å². The fraction of sp³-hybridized carbons (Fsp3) is 0.250. The number of aromatic nitrogens is 1. The van der Waals surface area contributed by atoms with Crippen LogP contribution in [-0.4, -0.2) is 11.5 Å². The second-order valence-corrected chi connectivity index (χ2v) is 4.19. The van der Waals surface area contributed by atoms with Gasteiger partial charge in [0.25, 0.3) is 0 Å². The van der Waals surface area contributed by atoms with Crippen LogP contribution in [0.2, 0.25) is 0 Å². The molecule has 0 atom stereocenters. The predicted octanol–water partition coefficient (Wildman–Crippen LogP) is 2.48. The minimum atomic E-state index is 0.923. The number of hydrogen-bond acceptors (Lipinski definition) is 3. The zero-order valence-electron chi connectivity index (χ0n) is 8.52. The summed E-state index contributed by atoms with van der Waals surface area (Å²) in [7, 11) is 0. The quantitative estimate of drug-likeness (QED) is 0.780. The van der Waals surface area contributed by atoms with Crippen molar-refractivity contribution in [1.82, 2.24) is 10.3 Å². The Balaban J connectivity index is 1.68. The molecule has 0 aromatic carbocycles. The molecule has 2 nitrogen and oxygen atoms in total. The maximum atomic E-state index is 3.99. The van der Waals surface area contributed by atoms with Crippen molar-refractivity contribution in [3.05, 3.63) is 52.5 Å². The molecular formula is C12H14N2S. The Morgan fingerprint density at radius 3 is 2.73 bits per heavy atom. The third-order valence-corrected chi connectivity index (χ3v) is 2.98. The van der Waals surface area contributed by atoms with E-state index < -0.39 is 0 Å². The lowest BCUT2D eigenvalue weighted by Gasteiger charge is -2.03. The maximum Gasteiger partial charge on any atom is 0.0271 e. The van der Waals surface area contributed by atoms with Gasteiger partial charge in [0.1, 0.15) is 0 Å². The Kier molecular flexibility index (Phi) is 3.88. The van der Waals surface area contributed by atoms with Crippen LogP contribution in [0.3, 0.4) is 0 Å². The standard InChI is InChI=1S/C12H14N2S/c1-5-13-6-2-11(1)9-14-7-3-12-4-8-15-10-12/h1-2,4-6,8,10,14H,3,7,9H2. The number of hydrogen-bond donors (Lipinski definition) is 1. The summed E-state index contributed by atoms with van der Waals surface area (Å²) in [6.45, 7) is 1.95. The summed E-state index contributed by atoms with van der Waals surface area (Å²) in [5.41, 5.74) is 2.71. The van der Waals surface area contributed by atoms with Gasteiger partial charge in [-0.1, -0.05) is 0 Å². The molecule has 0 aliphatic rings. The van der Waals surface area contributed by atoms with Crippen molar-refractivity contribution in [3.8, 4) is 0 Å². The van der Waals surface area contributed by atoms with Gasteiger partial charge in [0.15, 0.2) is 0 Å². The number of nitrogens with one attached hydrogen (secondary N) is 1. The van der Waals surface area contributed by atoms with E-state index >= 15 is 0 Å². The molecule has 0 fully saturated rings. The van der Waals surface area contributed by atoms with E-state index in [1.165, 1.54) is 11.1 Å². The van der Waals surface area contributed by atoms with E-state index in [0.717, 1.165) is 19.5 Å². The molecule has 2 aromatic rings. The summed E-state index contributed by atoms with van der Waals surface area (Å²) < 4.78 is 0. The molecule has 0 bridgehead atoms. The predicted molar refractivity (Wildman–Crippen MR) is 64.0 cm³/mol. The van der Waals surface area contributed by atoms with Gasteiger partial charge in [-0.2, -0.15) is 11.3 Å². The first-order valence-corrected chi connectivity index (χ1v) is 6.00. The van der Waals surface area contributed by atoms with Crippen LogP contribution >= 0.6 is 11.3 Å². The SMILES string of the molecule is c1cc(CNCCc2ccsc2)ccn1. The van der Waals surface area contributed by atoms with Crippen LogP contribution in [0.25, 0.3) is 0 Å². The van der Waals surface area contributed by atoms with Gasteiger partial charge in [0.05, 0.1) is 0 Å². The topological polar surface area (TPSA) is 24.9 Å². The fourth-order valence-corrected chi connectivity index (χ4v) is 2.10. The Labute approximate surface area is 94.0 Å². The largest absolute Gasteiger partial charge is 0.312 e. The van der Waals surface area contributed by atoms with E-state index in [1.807, 2.05) is 24.5 Å². The normalized spacial score (nSPS) is 10.4. The van der Waals surface area contributed by atoms with Gasteiger partial charge in [-0.25, -0.2) is 0 Å². The molecule has 1 N–H and O–H groups in total. The molecule has 0 saturated heterocycles. The van der Waals surface area contributed by atoms with Crippen molar-refractivity contribution in [1.29, 1.82) is 0 Å². The zero-order valence-corrected chi connectivity index (χ0v) is 9.33. The Hall–Kier alpha value is -1.19. The van der Waals surface area contributed by atoms with E-state index in [2.05, 4.69) is 27.1 Å². The molecule has 0 saturated carbocycles. The zero-order chi connectivity index (χ0) is 10.3. The average Bonchev–Trinajstić information content (AvgIpc) is 2.79. The Morgan fingerprint density at radius 2 is 2.00 bits per heavy atom. The highest BCUT2D eigenvalue weighted by atomic mass is 32.1. The second-order valence-electron chi connectivity index (χ2n) is 3.41. The molecule has 0 amide bonds. The molecule has 0 spiro atoms. The highest BCUT2D eigenvalue weighted by molar-refractivity contribution is 7.07. The van der Waals surface area contributed by atoms with E-state index in [0.29, 0.717) is 0 Å². The van der Waals surface area contributed by atoms with E-state index in [4.69, 9.17) is 0 Å². The van der Waals surface area contributed by atoms with Crippen LogP contribution in [0.4, 0.5) is 0 Å². The van der Waals surface area contributed by atoms with Gasteiger partial charge in [-0.15, -0.1) is 0 Å². The van der Waals surface area contributed by atoms with Gasteiger partial charge in [-0.3, -0.25) is 4.98 Å². The van der Waals surface area contributed by atoms with Crippen LogP contribution in [0, 0.1) is 0 Å². The highest BCUT2D eigenvalue weighted by Crippen LogP contribution is 2.05. The van der Waals surface area contributed by atoms with Gasteiger partial charge >= 0.3 is 0 Å². The molecular weight excluding hydrogens is 204 g/mol. The third-order valence-electron chi connectivity index (χ3n) is 2.25. The van der Waals surface area contributed by atoms with Crippen LogP contribution in [0.1, 0.15) is 11.1 Å². The maximum absolute atomic E-state index is 3.99. The number of thiophene rings is 1. The van der Waals surface area contributed by atoms with Gasteiger partial charge in [0, 0.05) is 18.9 Å². The fourth-order valence-electron chi connectivity index (χ4n) is 1.40. The summed E-state index contributed by atoms with van der Waals surface area (Å²) in [6.07, 6.45) is 4.76. The summed E-state index contributed by atoms with van der Waals surface area (Å²) in [4.78, 5) is 3.99. The molecule has 0 unspecified atom stereocenters. The minimum absolute atomic E-state index is 0.923. The summed E-state index contributed by atoms with van der Waals surface area (Å²) in [5.74, 6) is 0. The first-order chi connectivity index (χ1) is 7.45. The average molecular weight is 218 g/mol. The summed E-state index contributed by atoms with van der Waals surface area (Å²) in [6, 6.07) is 6.26. The first kappa shape index (κ1) is 10.3. The monoisotopic (exact) mass is 218 g/mol. The van der Waals surface area contributed by atoms with Crippen molar-refractivity contribution in [2.24, 2.45) is 0 Å². The lowest BCUT2D eigenvalue weighted by molar-refractivity contribution is 0.687. The molecule has 0 aliphatic carbocycles. The van der Waals surface area contributed by atoms with E-state index in [1.54, 1.807) is 11.3 Å². The lowest BCUT2D eigenvalue weighted by Crippen LogP contribution is -2.16. The first-order valence-electron chi connectivity index (χ1n) is 5.06. The van der Waals surface area contributed by atoms with Crippen molar-refractivity contribution < 1.29 is 0 Å². The second kappa shape index (κ2) is 5.63. The van der Waals surface area contributed by atoms with Gasteiger partial charge in [0.2, 0.25) is 0 Å². The number of nitrogens with zero attached hydrogens (tertiary/aromatic N) is 1. The summed E-state index contributed by atoms with van der Waals surface area (Å²) in [5, 5.41) is 7.74. The van der Waals surface area contributed by atoms with Crippen molar-refractivity contribution in [3.63, 3.8) is 0 Å². The minimum Gasteiger partial charge on any atom is -0.312 e. The number of rotatable bonds is 5. The molecule has 15 heavy (non-hydrogen) atoms. The van der Waals surface area contributed by atoms with Gasteiger partial charge < -0.3 is 5.32 Å². The molecule has 2 aromatic heterocycles. The van der Waals surface area contributed by atoms with Crippen LogP contribution in [0.15, 0.2) is 41.4 Å². The molecule has 3 heteroatoms. The molecule has 78 valence electrons. The molecule has 2 heterocycles. The summed E-state index contributed by atoms with van der Waals surface area (Å²) >= 11 is 1.76. The van der Waals surface area contributed by atoms with Crippen LogP contribution < -0.4 is 5.32 Å². The molecule has 0 radical (unpaired) electrons. The Morgan fingerprint density at radius 1 is 1.13 bits per heavy atom. The number of pyridine rings is 1. The lowest BCUT2D eigenvalue weighted by atomic mass is 10.2. The smallest absolute Gasteiger partial charge is 0.0271 e. The molecule has 0 aliphatic heterocycles. The van der Waals surface area contributed by atoms with E-state index in [9.17, 15) is 0 Å². The van der Waals surface area contributed by atoms with E-state index in [-0.39, 0.29) is 0 Å². The van der Waals surface area contributed by atoms with Crippen molar-refractivity contribution in [2.75, 3.05) is 6.54 Å². The molecule has 2 rings (SSSR count). The highest BCUT2D eigenvalue weighted by Gasteiger charge is 1.93. The van der Waals surface area contributed by atoms with Crippen molar-refractivity contribution >= 4 is 11.3 Å².